The van der Waals surface area contributed by atoms with E-state index in [1.54, 1.807) is 0 Å². The van der Waals surface area contributed by atoms with Crippen LogP contribution in [0.25, 0.3) is 0 Å². The molecule has 0 rings (SSSR count). The van der Waals surface area contributed by atoms with Gasteiger partial charge in [0.25, 0.3) is 0 Å². The standard InChI is InChI=1S/C41H80O5/c1-5-7-9-11-13-21-25-29-33-38(34-30-26-22-19-17-15-16-18-20-24-28-32-37(3)4)39(43)46-40(44)41(45,36-42)35-31-27-23-14-12-10-8-6-2/h37-38,42,45H,5-36H2,1-4H3. The lowest BCUT2D eigenvalue weighted by Crippen LogP contribution is -2.45. The van der Waals surface area contributed by atoms with Crippen LogP contribution in [-0.2, 0) is 14.3 Å². The molecule has 0 aliphatic carbocycles. The van der Waals surface area contributed by atoms with E-state index in [1.807, 2.05) is 0 Å². The van der Waals surface area contributed by atoms with Crippen molar-refractivity contribution in [1.29, 1.82) is 0 Å². The Balaban J connectivity index is 4.54. The summed E-state index contributed by atoms with van der Waals surface area (Å²) in [4.78, 5) is 26.1. The molecule has 2 atom stereocenters. The summed E-state index contributed by atoms with van der Waals surface area (Å²) in [6.45, 7) is 8.35. The van der Waals surface area contributed by atoms with Crippen LogP contribution in [0.5, 0.6) is 0 Å². The van der Waals surface area contributed by atoms with E-state index < -0.39 is 24.1 Å². The molecule has 0 spiro atoms. The van der Waals surface area contributed by atoms with Crippen molar-refractivity contribution in [2.24, 2.45) is 11.8 Å². The van der Waals surface area contributed by atoms with Gasteiger partial charge in [0.15, 0.2) is 5.60 Å². The maximum Gasteiger partial charge on any atom is 0.348 e. The summed E-state index contributed by atoms with van der Waals surface area (Å²) < 4.78 is 5.29. The van der Waals surface area contributed by atoms with Gasteiger partial charge in [0.2, 0.25) is 0 Å². The van der Waals surface area contributed by atoms with Gasteiger partial charge in [0.1, 0.15) is 0 Å². The molecule has 0 bridgehead atoms. The average molecular weight is 653 g/mol. The van der Waals surface area contributed by atoms with Crippen LogP contribution in [0.4, 0.5) is 0 Å². The molecule has 274 valence electrons. The molecule has 0 aromatic rings. The smallest absolute Gasteiger partial charge is 0.348 e. The van der Waals surface area contributed by atoms with Crippen molar-refractivity contribution in [2.75, 3.05) is 6.61 Å². The predicted molar refractivity (Wildman–Crippen MR) is 196 cm³/mol. The monoisotopic (exact) mass is 653 g/mol. The fraction of sp³-hybridized carbons (Fsp3) is 0.951. The number of esters is 2. The number of carbonyl (C=O) groups is 2. The zero-order valence-electron chi connectivity index (χ0n) is 31.4. The minimum absolute atomic E-state index is 0.130. The lowest BCUT2D eigenvalue weighted by Gasteiger charge is -2.24. The summed E-state index contributed by atoms with van der Waals surface area (Å²) in [6, 6.07) is 0. The lowest BCUT2D eigenvalue weighted by molar-refractivity contribution is -0.180. The Kier molecular flexibility index (Phi) is 31.9. The van der Waals surface area contributed by atoms with Crippen LogP contribution >= 0.6 is 0 Å². The van der Waals surface area contributed by atoms with Crippen LogP contribution in [0.1, 0.15) is 227 Å². The van der Waals surface area contributed by atoms with Crippen LogP contribution < -0.4 is 0 Å². The normalized spacial score (nSPS) is 13.6. The van der Waals surface area contributed by atoms with E-state index in [-0.39, 0.29) is 12.3 Å². The summed E-state index contributed by atoms with van der Waals surface area (Å²) in [5.74, 6) is -0.965. The largest absolute Gasteiger partial charge is 0.393 e. The van der Waals surface area contributed by atoms with E-state index in [0.717, 1.165) is 63.7 Å². The first-order valence-corrected chi connectivity index (χ1v) is 20.4. The molecule has 0 fully saturated rings. The molecule has 2 N–H and O–H groups in total. The summed E-state index contributed by atoms with van der Waals surface area (Å²) in [7, 11) is 0. The number of hydrogen-bond donors (Lipinski definition) is 2. The van der Waals surface area contributed by atoms with Crippen LogP contribution in [0, 0.1) is 11.8 Å². The topological polar surface area (TPSA) is 83.8 Å². The molecule has 0 radical (unpaired) electrons. The average Bonchev–Trinajstić information content (AvgIpc) is 3.04. The Bertz CT molecular complexity index is 678. The molecule has 0 saturated carbocycles. The molecule has 0 aliphatic rings. The zero-order valence-corrected chi connectivity index (χ0v) is 31.4. The molecular formula is C41H80O5. The van der Waals surface area contributed by atoms with Crippen molar-refractivity contribution in [1.82, 2.24) is 0 Å². The molecule has 0 aliphatic heterocycles. The number of aliphatic hydroxyl groups is 2. The summed E-state index contributed by atoms with van der Waals surface area (Å²) in [6.07, 6.45) is 35.3. The molecule has 46 heavy (non-hydrogen) atoms. The molecule has 0 saturated heterocycles. The van der Waals surface area contributed by atoms with E-state index in [0.29, 0.717) is 6.42 Å². The molecule has 5 heteroatoms. The van der Waals surface area contributed by atoms with Crippen molar-refractivity contribution in [3.63, 3.8) is 0 Å². The first-order valence-electron chi connectivity index (χ1n) is 20.4. The maximum absolute atomic E-state index is 13.2. The van der Waals surface area contributed by atoms with Gasteiger partial charge in [0.05, 0.1) is 12.5 Å². The van der Waals surface area contributed by atoms with Gasteiger partial charge < -0.3 is 14.9 Å². The van der Waals surface area contributed by atoms with Gasteiger partial charge in [-0.3, -0.25) is 4.79 Å². The Hall–Kier alpha value is -0.940. The quantitative estimate of drug-likeness (QED) is 0.0404. The Morgan fingerprint density at radius 3 is 1.20 bits per heavy atom. The molecule has 2 unspecified atom stereocenters. The van der Waals surface area contributed by atoms with Gasteiger partial charge in [-0.25, -0.2) is 4.79 Å². The highest BCUT2D eigenvalue weighted by Crippen LogP contribution is 2.24. The van der Waals surface area contributed by atoms with E-state index in [4.69, 9.17) is 4.74 Å². The van der Waals surface area contributed by atoms with Crippen molar-refractivity contribution < 1.29 is 24.5 Å². The first-order chi connectivity index (χ1) is 22.3. The van der Waals surface area contributed by atoms with Gasteiger partial charge in [-0.15, -0.1) is 0 Å². The Morgan fingerprint density at radius 2 is 0.848 bits per heavy atom. The first kappa shape index (κ1) is 45.1. The fourth-order valence-electron chi connectivity index (χ4n) is 6.51. The van der Waals surface area contributed by atoms with Crippen LogP contribution in [0.15, 0.2) is 0 Å². The predicted octanol–water partition coefficient (Wildman–Crippen LogP) is 12.2. The van der Waals surface area contributed by atoms with E-state index in [9.17, 15) is 19.8 Å². The second-order valence-corrected chi connectivity index (χ2v) is 14.9. The highest BCUT2D eigenvalue weighted by Gasteiger charge is 2.39. The van der Waals surface area contributed by atoms with Gasteiger partial charge in [-0.05, 0) is 31.6 Å². The van der Waals surface area contributed by atoms with Crippen molar-refractivity contribution in [3.8, 4) is 0 Å². The van der Waals surface area contributed by atoms with Gasteiger partial charge in [0, 0.05) is 0 Å². The number of ether oxygens (including phenoxy) is 1. The minimum atomic E-state index is -1.99. The molecule has 0 heterocycles. The highest BCUT2D eigenvalue weighted by atomic mass is 16.6. The number of hydrogen-bond acceptors (Lipinski definition) is 5. The van der Waals surface area contributed by atoms with Crippen molar-refractivity contribution >= 4 is 11.9 Å². The van der Waals surface area contributed by atoms with Gasteiger partial charge in [-0.1, -0.05) is 201 Å². The number of unbranched alkanes of at least 4 members (excludes halogenated alkanes) is 24. The van der Waals surface area contributed by atoms with Crippen molar-refractivity contribution in [2.45, 2.75) is 232 Å². The highest BCUT2D eigenvalue weighted by molar-refractivity contribution is 5.91. The van der Waals surface area contributed by atoms with Crippen molar-refractivity contribution in [3.05, 3.63) is 0 Å². The van der Waals surface area contributed by atoms with Gasteiger partial charge in [-0.2, -0.15) is 0 Å². The third kappa shape index (κ3) is 27.1. The van der Waals surface area contributed by atoms with E-state index >= 15 is 0 Å². The molecular weight excluding hydrogens is 572 g/mol. The van der Waals surface area contributed by atoms with Crippen LogP contribution in [0.3, 0.4) is 0 Å². The Labute approximate surface area is 286 Å². The van der Waals surface area contributed by atoms with E-state index in [2.05, 4.69) is 27.7 Å². The second-order valence-electron chi connectivity index (χ2n) is 14.9. The maximum atomic E-state index is 13.2. The summed E-state index contributed by atoms with van der Waals surface area (Å²) in [5.41, 5.74) is -1.99. The SMILES string of the molecule is CCCCCCCCCCC(CCCCCCCCCCCCCC(C)C)C(=O)OC(=O)C(O)(CO)CCCCCCCCCC. The number of aliphatic hydroxyl groups excluding tert-OH is 1. The molecule has 5 nitrogen and oxygen atoms in total. The Morgan fingerprint density at radius 1 is 0.522 bits per heavy atom. The molecule has 0 aromatic carbocycles. The molecule has 0 amide bonds. The summed E-state index contributed by atoms with van der Waals surface area (Å²) >= 11 is 0. The lowest BCUT2D eigenvalue weighted by atomic mass is 9.93. The zero-order chi connectivity index (χ0) is 34.1. The third-order valence-corrected chi connectivity index (χ3v) is 9.85. The second kappa shape index (κ2) is 32.6. The third-order valence-electron chi connectivity index (χ3n) is 9.85. The minimum Gasteiger partial charge on any atom is -0.393 e. The van der Waals surface area contributed by atoms with Gasteiger partial charge >= 0.3 is 11.9 Å². The van der Waals surface area contributed by atoms with Crippen LogP contribution in [-0.4, -0.2) is 34.4 Å². The number of rotatable bonds is 35. The fourth-order valence-corrected chi connectivity index (χ4v) is 6.51. The summed E-state index contributed by atoms with van der Waals surface area (Å²) in [5, 5.41) is 20.7. The number of carbonyl (C=O) groups excluding carboxylic acids is 2. The van der Waals surface area contributed by atoms with Crippen LogP contribution in [0.2, 0.25) is 0 Å². The molecule has 0 aromatic heterocycles. The van der Waals surface area contributed by atoms with E-state index in [1.165, 1.54) is 128 Å².